The molecule has 1 aromatic heterocycles. The Morgan fingerprint density at radius 3 is 2.90 bits per heavy atom. The van der Waals surface area contributed by atoms with E-state index in [-0.39, 0.29) is 18.0 Å². The number of likely N-dealkylation sites (N-methyl/N-ethyl adjacent to an activating group) is 1. The first-order chi connectivity index (χ1) is 9.45. The third-order valence-corrected chi connectivity index (χ3v) is 4.50. The second-order valence-electron chi connectivity index (χ2n) is 6.12. The van der Waals surface area contributed by atoms with Crippen LogP contribution < -0.4 is 11.1 Å². The molecule has 2 rings (SSSR count). The number of furan rings is 1. The third kappa shape index (κ3) is 2.88. The predicted octanol–water partition coefficient (Wildman–Crippen LogP) is 1.52. The quantitative estimate of drug-likeness (QED) is 0.857. The zero-order chi connectivity index (χ0) is 14.8. The van der Waals surface area contributed by atoms with Crippen LogP contribution in [0, 0.1) is 5.41 Å². The fourth-order valence-electron chi connectivity index (χ4n) is 2.88. The van der Waals surface area contributed by atoms with Gasteiger partial charge in [-0.2, -0.15) is 0 Å². The van der Waals surface area contributed by atoms with Crippen molar-refractivity contribution < 1.29 is 9.21 Å². The van der Waals surface area contributed by atoms with Crippen LogP contribution in [0.2, 0.25) is 0 Å². The van der Waals surface area contributed by atoms with Crippen LogP contribution in [-0.2, 0) is 4.79 Å². The van der Waals surface area contributed by atoms with E-state index in [1.807, 2.05) is 38.1 Å². The first-order valence-corrected chi connectivity index (χ1v) is 7.19. The van der Waals surface area contributed by atoms with Crippen LogP contribution in [0.1, 0.15) is 38.0 Å². The van der Waals surface area contributed by atoms with E-state index in [4.69, 9.17) is 10.2 Å². The van der Waals surface area contributed by atoms with Gasteiger partial charge in [0.2, 0.25) is 5.91 Å². The minimum absolute atomic E-state index is 0.0372. The van der Waals surface area contributed by atoms with E-state index in [2.05, 4.69) is 5.32 Å². The van der Waals surface area contributed by atoms with Crippen LogP contribution >= 0.6 is 0 Å². The fraction of sp³-hybridized carbons (Fsp3) is 0.667. The van der Waals surface area contributed by atoms with Gasteiger partial charge in [-0.1, -0.05) is 6.42 Å². The van der Waals surface area contributed by atoms with Crippen LogP contribution in [0.3, 0.4) is 0 Å². The Morgan fingerprint density at radius 1 is 1.65 bits per heavy atom. The summed E-state index contributed by atoms with van der Waals surface area (Å²) in [6.45, 7) is 2.50. The van der Waals surface area contributed by atoms with Gasteiger partial charge in [0.25, 0.3) is 0 Å². The molecule has 3 atom stereocenters. The van der Waals surface area contributed by atoms with Gasteiger partial charge >= 0.3 is 0 Å². The molecule has 0 saturated heterocycles. The van der Waals surface area contributed by atoms with Crippen molar-refractivity contribution in [3.8, 4) is 0 Å². The molecule has 1 saturated carbocycles. The molecule has 0 aromatic carbocycles. The molecule has 1 aliphatic rings. The standard InChI is InChI=1S/C15H25N3O2/c1-15(8-4-7-13(15)16)14(19)17-10-11(18(2)3)12-6-5-9-20-12/h5-6,9,11,13H,4,7-8,10,16H2,1-3H3,(H,17,19). The van der Waals surface area contributed by atoms with E-state index in [0.29, 0.717) is 6.54 Å². The maximum Gasteiger partial charge on any atom is 0.227 e. The predicted molar refractivity (Wildman–Crippen MR) is 78.1 cm³/mol. The van der Waals surface area contributed by atoms with Crippen LogP contribution in [-0.4, -0.2) is 37.5 Å². The lowest BCUT2D eigenvalue weighted by atomic mass is 9.84. The largest absolute Gasteiger partial charge is 0.468 e. The molecule has 5 heteroatoms. The second-order valence-corrected chi connectivity index (χ2v) is 6.12. The molecule has 1 fully saturated rings. The molecule has 20 heavy (non-hydrogen) atoms. The number of nitrogens with zero attached hydrogens (tertiary/aromatic N) is 1. The molecule has 1 aromatic rings. The monoisotopic (exact) mass is 279 g/mol. The Labute approximate surface area is 120 Å². The molecule has 5 nitrogen and oxygen atoms in total. The first-order valence-electron chi connectivity index (χ1n) is 7.19. The molecule has 1 heterocycles. The Bertz CT molecular complexity index is 444. The van der Waals surface area contributed by atoms with Gasteiger partial charge in [-0.25, -0.2) is 0 Å². The molecule has 0 aliphatic heterocycles. The Kier molecular flexibility index (Phi) is 4.50. The van der Waals surface area contributed by atoms with Crippen LogP contribution in [0.5, 0.6) is 0 Å². The molecular weight excluding hydrogens is 254 g/mol. The first kappa shape index (κ1) is 15.1. The van der Waals surface area contributed by atoms with E-state index >= 15 is 0 Å². The summed E-state index contributed by atoms with van der Waals surface area (Å²) in [6, 6.07) is 3.79. The third-order valence-electron chi connectivity index (χ3n) is 4.50. The van der Waals surface area contributed by atoms with Crippen LogP contribution in [0.15, 0.2) is 22.8 Å². The van der Waals surface area contributed by atoms with E-state index in [9.17, 15) is 4.79 Å². The van der Waals surface area contributed by atoms with Crippen molar-refractivity contribution in [2.24, 2.45) is 11.1 Å². The summed E-state index contributed by atoms with van der Waals surface area (Å²) in [5.41, 5.74) is 5.65. The van der Waals surface area contributed by atoms with Crippen molar-refractivity contribution in [1.82, 2.24) is 10.2 Å². The number of nitrogens with one attached hydrogen (secondary N) is 1. The van der Waals surface area contributed by atoms with E-state index < -0.39 is 5.41 Å². The number of hydrogen-bond acceptors (Lipinski definition) is 4. The van der Waals surface area contributed by atoms with Crippen molar-refractivity contribution in [3.63, 3.8) is 0 Å². The fourth-order valence-corrected chi connectivity index (χ4v) is 2.88. The van der Waals surface area contributed by atoms with Crippen molar-refractivity contribution in [3.05, 3.63) is 24.2 Å². The summed E-state index contributed by atoms with van der Waals surface area (Å²) in [6.07, 6.45) is 4.48. The van der Waals surface area contributed by atoms with Gasteiger partial charge in [0.15, 0.2) is 0 Å². The Hall–Kier alpha value is -1.33. The van der Waals surface area contributed by atoms with E-state index in [1.54, 1.807) is 6.26 Å². The number of carbonyl (C=O) groups excluding carboxylic acids is 1. The van der Waals surface area contributed by atoms with Gasteiger partial charge in [-0.15, -0.1) is 0 Å². The average Bonchev–Trinajstić information content (AvgIpc) is 3.01. The average molecular weight is 279 g/mol. The maximum absolute atomic E-state index is 12.4. The number of carbonyl (C=O) groups is 1. The smallest absolute Gasteiger partial charge is 0.227 e. The van der Waals surface area contributed by atoms with E-state index in [1.165, 1.54) is 0 Å². The summed E-state index contributed by atoms with van der Waals surface area (Å²) in [5, 5.41) is 3.04. The molecule has 1 amide bonds. The molecular formula is C15H25N3O2. The van der Waals surface area contributed by atoms with Gasteiger partial charge in [0.05, 0.1) is 17.7 Å². The maximum atomic E-state index is 12.4. The normalized spacial score (nSPS) is 27.8. The molecule has 3 N–H and O–H groups in total. The zero-order valence-electron chi connectivity index (χ0n) is 12.6. The topological polar surface area (TPSA) is 71.5 Å². The van der Waals surface area contributed by atoms with Crippen LogP contribution in [0.25, 0.3) is 0 Å². The zero-order valence-corrected chi connectivity index (χ0v) is 12.6. The minimum Gasteiger partial charge on any atom is -0.468 e. The number of amides is 1. The summed E-state index contributed by atoms with van der Waals surface area (Å²) in [5.74, 6) is 0.914. The summed E-state index contributed by atoms with van der Waals surface area (Å²) in [4.78, 5) is 14.5. The lowest BCUT2D eigenvalue weighted by molar-refractivity contribution is -0.130. The van der Waals surface area contributed by atoms with Gasteiger partial charge in [0.1, 0.15) is 5.76 Å². The lowest BCUT2D eigenvalue weighted by Crippen LogP contribution is -2.48. The highest BCUT2D eigenvalue weighted by Crippen LogP contribution is 2.36. The molecule has 1 aliphatic carbocycles. The number of hydrogen-bond donors (Lipinski definition) is 2. The molecule has 3 unspecified atom stereocenters. The highest BCUT2D eigenvalue weighted by molar-refractivity contribution is 5.83. The van der Waals surface area contributed by atoms with Gasteiger partial charge in [-0.3, -0.25) is 9.69 Å². The second kappa shape index (κ2) is 5.97. The Balaban J connectivity index is 1.98. The van der Waals surface area contributed by atoms with E-state index in [0.717, 1.165) is 25.0 Å². The number of nitrogens with two attached hydrogens (primary N) is 1. The molecule has 0 bridgehead atoms. The summed E-state index contributed by atoms with van der Waals surface area (Å²) >= 11 is 0. The van der Waals surface area contributed by atoms with Crippen molar-refractivity contribution >= 4 is 5.91 Å². The van der Waals surface area contributed by atoms with Crippen molar-refractivity contribution in [2.75, 3.05) is 20.6 Å². The van der Waals surface area contributed by atoms with Crippen molar-refractivity contribution in [2.45, 2.75) is 38.3 Å². The lowest BCUT2D eigenvalue weighted by Gasteiger charge is -2.29. The molecule has 0 spiro atoms. The van der Waals surface area contributed by atoms with Gasteiger partial charge in [-0.05, 0) is 46.0 Å². The molecule has 112 valence electrons. The number of rotatable bonds is 5. The summed E-state index contributed by atoms with van der Waals surface area (Å²) in [7, 11) is 3.95. The van der Waals surface area contributed by atoms with Crippen molar-refractivity contribution in [1.29, 1.82) is 0 Å². The molecule has 0 radical (unpaired) electrons. The van der Waals surface area contributed by atoms with Gasteiger partial charge < -0.3 is 15.5 Å². The van der Waals surface area contributed by atoms with Gasteiger partial charge in [0, 0.05) is 12.6 Å². The highest BCUT2D eigenvalue weighted by Gasteiger charge is 2.43. The van der Waals surface area contributed by atoms with Crippen LogP contribution in [0.4, 0.5) is 0 Å². The minimum atomic E-state index is -0.431. The SMILES string of the molecule is CN(C)C(CNC(=O)C1(C)CCCC1N)c1ccco1. The highest BCUT2D eigenvalue weighted by atomic mass is 16.3. The Morgan fingerprint density at radius 2 is 2.40 bits per heavy atom. The summed E-state index contributed by atoms with van der Waals surface area (Å²) < 4.78 is 5.44.